The molecule has 27 heavy (non-hydrogen) atoms. The fraction of sp³-hybridized carbons (Fsp3) is 0.318. The van der Waals surface area contributed by atoms with E-state index in [2.05, 4.69) is 35.4 Å². The van der Waals surface area contributed by atoms with Crippen molar-refractivity contribution in [3.8, 4) is 0 Å². The average molecular weight is 368 g/mol. The summed E-state index contributed by atoms with van der Waals surface area (Å²) in [5.41, 5.74) is 4.24. The first-order valence-electron chi connectivity index (χ1n) is 9.24. The fourth-order valence-electron chi connectivity index (χ4n) is 4.02. The van der Waals surface area contributed by atoms with Gasteiger partial charge in [0.25, 0.3) is 11.8 Å². The molecule has 1 heterocycles. The Bertz CT molecular complexity index is 1020. The van der Waals surface area contributed by atoms with Crippen LogP contribution in [0.4, 0.5) is 8.78 Å². The topological polar surface area (TPSA) is 44.9 Å². The van der Waals surface area contributed by atoms with Gasteiger partial charge in [0.15, 0.2) is 0 Å². The largest absolute Gasteiger partial charge is 0.356 e. The van der Waals surface area contributed by atoms with Gasteiger partial charge < -0.3 is 10.3 Å². The summed E-state index contributed by atoms with van der Waals surface area (Å²) in [6.45, 7) is 2.88. The maximum Gasteiger partial charge on any atom is 0.271 e. The number of aryl methyl sites for hydroxylation is 2. The van der Waals surface area contributed by atoms with Crippen molar-refractivity contribution in [1.29, 1.82) is 0 Å². The number of hydrogen-bond donors (Lipinski definition) is 2. The van der Waals surface area contributed by atoms with E-state index < -0.39 is 11.8 Å². The number of H-pyrrole nitrogens is 1. The number of halogens is 2. The van der Waals surface area contributed by atoms with E-state index in [1.54, 1.807) is 6.07 Å². The van der Waals surface area contributed by atoms with Crippen LogP contribution in [0, 0.1) is 6.92 Å². The number of carbonyl (C=O) groups is 1. The van der Waals surface area contributed by atoms with E-state index in [1.807, 2.05) is 0 Å². The van der Waals surface area contributed by atoms with Crippen LogP contribution in [0.5, 0.6) is 0 Å². The van der Waals surface area contributed by atoms with Crippen LogP contribution in [-0.4, -0.2) is 10.9 Å². The number of alkyl halides is 2. The molecule has 0 fully saturated rings. The number of aromatic nitrogens is 1. The Balaban J connectivity index is 1.68. The molecule has 0 saturated heterocycles. The lowest BCUT2D eigenvalue weighted by molar-refractivity contribution is 0.0163. The molecule has 1 aliphatic rings. The van der Waals surface area contributed by atoms with E-state index in [4.69, 9.17) is 0 Å². The molecule has 0 spiro atoms. The van der Waals surface area contributed by atoms with Crippen LogP contribution in [0.3, 0.4) is 0 Å². The maximum atomic E-state index is 13.9. The summed E-state index contributed by atoms with van der Waals surface area (Å²) in [6.07, 6.45) is 2.69. The molecule has 1 atom stereocenters. The third-order valence-electron chi connectivity index (χ3n) is 5.31. The van der Waals surface area contributed by atoms with E-state index >= 15 is 0 Å². The maximum absolute atomic E-state index is 13.9. The minimum absolute atomic E-state index is 0.0316. The van der Waals surface area contributed by atoms with Crippen molar-refractivity contribution in [2.75, 3.05) is 0 Å². The minimum atomic E-state index is -3.07. The van der Waals surface area contributed by atoms with Gasteiger partial charge in [0, 0.05) is 34.6 Å². The summed E-state index contributed by atoms with van der Waals surface area (Å²) in [5.74, 6) is -3.52. The van der Waals surface area contributed by atoms with E-state index in [0.717, 1.165) is 37.4 Å². The SMILES string of the molecule is Cc1ccc2[nH]c3c(c2c1)CCCC3NC(=O)c1ccccc1C(C)(F)F. The predicted octanol–water partition coefficient (Wildman–Crippen LogP) is 5.40. The molecule has 1 unspecified atom stereocenters. The van der Waals surface area contributed by atoms with Crippen LogP contribution in [0.1, 0.15) is 58.5 Å². The summed E-state index contributed by atoms with van der Waals surface area (Å²) in [7, 11) is 0. The molecule has 5 heteroatoms. The molecule has 2 N–H and O–H groups in total. The number of rotatable bonds is 3. The molecule has 1 amide bonds. The lowest BCUT2D eigenvalue weighted by Gasteiger charge is -2.25. The number of benzene rings is 2. The molecular formula is C22H22F2N2O. The highest BCUT2D eigenvalue weighted by molar-refractivity contribution is 5.96. The Hall–Kier alpha value is -2.69. The van der Waals surface area contributed by atoms with Gasteiger partial charge in [0.1, 0.15) is 0 Å². The Kier molecular flexibility index (Phi) is 4.25. The van der Waals surface area contributed by atoms with Crippen molar-refractivity contribution in [2.24, 2.45) is 0 Å². The van der Waals surface area contributed by atoms with E-state index in [-0.39, 0.29) is 17.2 Å². The normalized spacial score (nSPS) is 17.0. The standard InChI is InChI=1S/C22H22F2N2O/c1-13-10-11-18-16(12-13)14-7-5-9-19(20(14)25-18)26-21(27)15-6-3-4-8-17(15)22(2,23)24/h3-4,6,8,10-12,19,25H,5,7,9H2,1-2H3,(H,26,27). The molecule has 0 saturated carbocycles. The first-order chi connectivity index (χ1) is 12.8. The second kappa shape index (κ2) is 6.48. The van der Waals surface area contributed by atoms with Gasteiger partial charge in [-0.2, -0.15) is 0 Å². The zero-order chi connectivity index (χ0) is 19.2. The fourth-order valence-corrected chi connectivity index (χ4v) is 4.02. The van der Waals surface area contributed by atoms with Crippen molar-refractivity contribution >= 4 is 16.8 Å². The van der Waals surface area contributed by atoms with Gasteiger partial charge in [-0.25, -0.2) is 8.78 Å². The molecule has 4 rings (SSSR count). The summed E-state index contributed by atoms with van der Waals surface area (Å²) in [5, 5.41) is 4.16. The number of hydrogen-bond acceptors (Lipinski definition) is 1. The zero-order valence-electron chi connectivity index (χ0n) is 15.4. The highest BCUT2D eigenvalue weighted by Gasteiger charge is 2.31. The molecule has 3 nitrogen and oxygen atoms in total. The van der Waals surface area contributed by atoms with Gasteiger partial charge >= 0.3 is 0 Å². The van der Waals surface area contributed by atoms with Gasteiger partial charge in [0.2, 0.25) is 0 Å². The van der Waals surface area contributed by atoms with Gasteiger partial charge in [0.05, 0.1) is 6.04 Å². The van der Waals surface area contributed by atoms with Gasteiger partial charge in [-0.3, -0.25) is 4.79 Å². The molecule has 140 valence electrons. The summed E-state index contributed by atoms with van der Waals surface area (Å²) in [6, 6.07) is 12.0. The average Bonchev–Trinajstić information content (AvgIpc) is 3.00. The molecule has 0 radical (unpaired) electrons. The van der Waals surface area contributed by atoms with Crippen molar-refractivity contribution < 1.29 is 13.6 Å². The Labute approximate surface area is 156 Å². The monoisotopic (exact) mass is 368 g/mol. The Morgan fingerprint density at radius 2 is 2.00 bits per heavy atom. The smallest absolute Gasteiger partial charge is 0.271 e. The first kappa shape index (κ1) is 17.7. The third-order valence-corrected chi connectivity index (χ3v) is 5.31. The number of nitrogens with one attached hydrogen (secondary N) is 2. The second-order valence-corrected chi connectivity index (χ2v) is 7.42. The van der Waals surface area contributed by atoms with Crippen molar-refractivity contribution in [3.63, 3.8) is 0 Å². The Morgan fingerprint density at radius 1 is 1.22 bits per heavy atom. The van der Waals surface area contributed by atoms with Crippen LogP contribution < -0.4 is 5.32 Å². The van der Waals surface area contributed by atoms with E-state index in [9.17, 15) is 13.6 Å². The van der Waals surface area contributed by atoms with Crippen LogP contribution in [0.25, 0.3) is 10.9 Å². The highest BCUT2D eigenvalue weighted by Crippen LogP contribution is 2.36. The molecule has 0 aliphatic heterocycles. The van der Waals surface area contributed by atoms with Crippen molar-refractivity contribution in [2.45, 2.75) is 45.1 Å². The van der Waals surface area contributed by atoms with Gasteiger partial charge in [-0.15, -0.1) is 0 Å². The number of fused-ring (bicyclic) bond motifs is 3. The third kappa shape index (κ3) is 3.22. The van der Waals surface area contributed by atoms with E-state index in [0.29, 0.717) is 0 Å². The van der Waals surface area contributed by atoms with Crippen LogP contribution in [0.2, 0.25) is 0 Å². The predicted molar refractivity (Wildman–Crippen MR) is 102 cm³/mol. The first-order valence-corrected chi connectivity index (χ1v) is 9.24. The van der Waals surface area contributed by atoms with Crippen molar-refractivity contribution in [3.05, 3.63) is 70.4 Å². The minimum Gasteiger partial charge on any atom is -0.356 e. The molecule has 3 aromatic rings. The lowest BCUT2D eigenvalue weighted by atomic mass is 9.91. The summed E-state index contributed by atoms with van der Waals surface area (Å²) in [4.78, 5) is 16.2. The molecule has 1 aliphatic carbocycles. The quantitative estimate of drug-likeness (QED) is 0.639. The molecular weight excluding hydrogens is 346 g/mol. The van der Waals surface area contributed by atoms with Crippen molar-refractivity contribution in [1.82, 2.24) is 10.3 Å². The second-order valence-electron chi connectivity index (χ2n) is 7.42. The van der Waals surface area contributed by atoms with E-state index in [1.165, 1.54) is 34.7 Å². The highest BCUT2D eigenvalue weighted by atomic mass is 19.3. The number of aromatic amines is 1. The van der Waals surface area contributed by atoms with Crippen LogP contribution >= 0.6 is 0 Å². The number of amides is 1. The number of carbonyl (C=O) groups excluding carboxylic acids is 1. The Morgan fingerprint density at radius 3 is 2.78 bits per heavy atom. The summed E-state index contributed by atoms with van der Waals surface area (Å²) < 4.78 is 27.8. The molecule has 0 bridgehead atoms. The lowest BCUT2D eigenvalue weighted by Crippen LogP contribution is -2.32. The van der Waals surface area contributed by atoms with Crippen LogP contribution in [0.15, 0.2) is 42.5 Å². The molecule has 2 aromatic carbocycles. The van der Waals surface area contributed by atoms with Gasteiger partial charge in [-0.1, -0.05) is 29.8 Å². The molecule has 1 aromatic heterocycles. The zero-order valence-corrected chi connectivity index (χ0v) is 15.4. The van der Waals surface area contributed by atoms with Crippen LogP contribution in [-0.2, 0) is 12.3 Å². The summed E-state index contributed by atoms with van der Waals surface area (Å²) >= 11 is 0. The van der Waals surface area contributed by atoms with Gasteiger partial charge in [-0.05, 0) is 49.9 Å².